The van der Waals surface area contributed by atoms with Crippen molar-refractivity contribution >= 4 is 0 Å². The summed E-state index contributed by atoms with van der Waals surface area (Å²) in [6.45, 7) is 4.79. The van der Waals surface area contributed by atoms with Gasteiger partial charge >= 0.3 is 0 Å². The third-order valence-electron chi connectivity index (χ3n) is 6.98. The second-order valence-electron chi connectivity index (χ2n) is 9.10. The summed E-state index contributed by atoms with van der Waals surface area (Å²) in [7, 11) is 0. The van der Waals surface area contributed by atoms with E-state index in [1.807, 2.05) is 0 Å². The minimum absolute atomic E-state index is 0.439. The lowest BCUT2D eigenvalue weighted by Crippen LogP contribution is -2.30. The van der Waals surface area contributed by atoms with Crippen molar-refractivity contribution in [3.8, 4) is 5.75 Å². The predicted molar refractivity (Wildman–Crippen MR) is 112 cm³/mol. The number of aryl methyl sites for hydroxylation is 1. The third kappa shape index (κ3) is 5.76. The fraction of sp³-hybridized carbons (Fsp3) is 0.760. The maximum atomic E-state index is 6.57. The second-order valence-corrected chi connectivity index (χ2v) is 9.10. The molecule has 3 atom stereocenters. The summed E-state index contributed by atoms with van der Waals surface area (Å²) in [6.07, 6.45) is 18.3. The molecule has 0 saturated heterocycles. The van der Waals surface area contributed by atoms with Crippen molar-refractivity contribution in [1.82, 2.24) is 0 Å². The van der Waals surface area contributed by atoms with Gasteiger partial charge in [-0.2, -0.15) is 0 Å². The zero-order valence-electron chi connectivity index (χ0n) is 17.2. The molecule has 0 heterocycles. The Morgan fingerprint density at radius 2 is 1.69 bits per heavy atom. The van der Waals surface area contributed by atoms with Gasteiger partial charge < -0.3 is 4.74 Å². The molecule has 2 aliphatic rings. The molecule has 26 heavy (non-hydrogen) atoms. The van der Waals surface area contributed by atoms with Gasteiger partial charge in [0.15, 0.2) is 0 Å². The van der Waals surface area contributed by atoms with Crippen molar-refractivity contribution in [1.29, 1.82) is 0 Å². The molecule has 3 rings (SSSR count). The number of hydrogen-bond acceptors (Lipinski definition) is 1. The highest BCUT2D eigenvalue weighted by atomic mass is 16.5. The molecule has 0 radical (unpaired) electrons. The molecular weight excluding hydrogens is 316 g/mol. The van der Waals surface area contributed by atoms with Gasteiger partial charge in [-0.3, -0.25) is 0 Å². The number of benzene rings is 1. The number of rotatable bonds is 8. The Balaban J connectivity index is 1.53. The first-order valence-electron chi connectivity index (χ1n) is 11.5. The maximum absolute atomic E-state index is 6.57. The minimum atomic E-state index is 0.439. The summed E-state index contributed by atoms with van der Waals surface area (Å²) in [6, 6.07) is 8.84. The molecule has 1 heteroatoms. The van der Waals surface area contributed by atoms with Gasteiger partial charge in [-0.05, 0) is 74.3 Å². The maximum Gasteiger partial charge on any atom is 0.122 e. The molecule has 0 N–H and O–H groups in total. The first-order chi connectivity index (χ1) is 12.8. The molecule has 1 aromatic rings. The van der Waals surface area contributed by atoms with Crippen molar-refractivity contribution in [3.63, 3.8) is 0 Å². The van der Waals surface area contributed by atoms with E-state index in [1.54, 1.807) is 0 Å². The Kier molecular flexibility index (Phi) is 7.89. The highest BCUT2D eigenvalue weighted by molar-refractivity contribution is 5.33. The van der Waals surface area contributed by atoms with Crippen LogP contribution < -0.4 is 4.74 Å². The standard InChI is InChI=1S/C25H40O/c1-3-22-13-7-9-15-24(22)26-25-16-10-8-14-23(25)18-17-20(2)19-21-11-5-4-6-12-21/h8,10,14,16,20-22,24H,3-7,9,11-13,15,17-19H2,1-2H3. The molecule has 0 aliphatic heterocycles. The molecule has 0 bridgehead atoms. The minimum Gasteiger partial charge on any atom is -0.490 e. The summed E-state index contributed by atoms with van der Waals surface area (Å²) in [5.74, 6) is 3.76. The summed E-state index contributed by atoms with van der Waals surface area (Å²) < 4.78 is 6.57. The number of hydrogen-bond donors (Lipinski definition) is 0. The van der Waals surface area contributed by atoms with Crippen LogP contribution in [0.3, 0.4) is 0 Å². The van der Waals surface area contributed by atoms with Crippen molar-refractivity contribution in [3.05, 3.63) is 29.8 Å². The zero-order valence-corrected chi connectivity index (χ0v) is 17.2. The van der Waals surface area contributed by atoms with Crippen LogP contribution in [0.15, 0.2) is 24.3 Å². The Bertz CT molecular complexity index is 517. The van der Waals surface area contributed by atoms with E-state index < -0.39 is 0 Å². The Morgan fingerprint density at radius 1 is 0.962 bits per heavy atom. The zero-order chi connectivity index (χ0) is 18.2. The SMILES string of the molecule is CCC1CCCCC1Oc1ccccc1CCC(C)CC1CCCCC1. The fourth-order valence-corrected chi connectivity index (χ4v) is 5.30. The van der Waals surface area contributed by atoms with Gasteiger partial charge in [0.05, 0.1) is 0 Å². The lowest BCUT2D eigenvalue weighted by atomic mass is 9.82. The van der Waals surface area contributed by atoms with E-state index in [1.165, 1.54) is 94.8 Å². The van der Waals surface area contributed by atoms with Crippen LogP contribution in [0, 0.1) is 17.8 Å². The van der Waals surface area contributed by atoms with E-state index in [0.717, 1.165) is 17.8 Å². The van der Waals surface area contributed by atoms with Gasteiger partial charge in [-0.1, -0.05) is 70.6 Å². The Labute approximate surface area is 161 Å². The van der Waals surface area contributed by atoms with Crippen molar-refractivity contribution in [2.45, 2.75) is 103 Å². The van der Waals surface area contributed by atoms with Gasteiger partial charge in [-0.25, -0.2) is 0 Å². The van der Waals surface area contributed by atoms with E-state index >= 15 is 0 Å². The molecule has 1 nitrogen and oxygen atoms in total. The first kappa shape index (κ1) is 19.8. The van der Waals surface area contributed by atoms with Crippen molar-refractivity contribution in [2.75, 3.05) is 0 Å². The molecule has 2 saturated carbocycles. The van der Waals surface area contributed by atoms with E-state index in [4.69, 9.17) is 4.74 Å². The quantitative estimate of drug-likeness (QED) is 0.466. The van der Waals surface area contributed by atoms with Gasteiger partial charge in [0, 0.05) is 0 Å². The average molecular weight is 357 g/mol. The topological polar surface area (TPSA) is 9.23 Å². The molecule has 0 amide bonds. The molecular formula is C25H40O. The van der Waals surface area contributed by atoms with E-state index in [9.17, 15) is 0 Å². The average Bonchev–Trinajstić information content (AvgIpc) is 2.68. The van der Waals surface area contributed by atoms with E-state index in [2.05, 4.69) is 38.1 Å². The predicted octanol–water partition coefficient (Wildman–Crippen LogP) is 7.57. The summed E-state index contributed by atoms with van der Waals surface area (Å²) in [4.78, 5) is 0. The molecule has 2 aliphatic carbocycles. The van der Waals surface area contributed by atoms with Crippen LogP contribution in [-0.2, 0) is 6.42 Å². The Morgan fingerprint density at radius 3 is 2.50 bits per heavy atom. The number of ether oxygens (including phenoxy) is 1. The van der Waals surface area contributed by atoms with Gasteiger partial charge in [0.2, 0.25) is 0 Å². The number of para-hydroxylation sites is 1. The normalized spacial score (nSPS) is 25.8. The van der Waals surface area contributed by atoms with Crippen LogP contribution in [-0.4, -0.2) is 6.10 Å². The Hall–Kier alpha value is -0.980. The summed E-state index contributed by atoms with van der Waals surface area (Å²) >= 11 is 0. The summed E-state index contributed by atoms with van der Waals surface area (Å²) in [5.41, 5.74) is 1.43. The lowest BCUT2D eigenvalue weighted by molar-refractivity contribution is 0.0893. The highest BCUT2D eigenvalue weighted by Gasteiger charge is 2.26. The molecule has 3 unspecified atom stereocenters. The van der Waals surface area contributed by atoms with Crippen LogP contribution in [0.5, 0.6) is 5.75 Å². The van der Waals surface area contributed by atoms with Gasteiger partial charge in [0.1, 0.15) is 11.9 Å². The van der Waals surface area contributed by atoms with Gasteiger partial charge in [-0.15, -0.1) is 0 Å². The monoisotopic (exact) mass is 356 g/mol. The van der Waals surface area contributed by atoms with Crippen molar-refractivity contribution in [2.24, 2.45) is 17.8 Å². The van der Waals surface area contributed by atoms with Crippen LogP contribution in [0.2, 0.25) is 0 Å². The van der Waals surface area contributed by atoms with Crippen LogP contribution in [0.4, 0.5) is 0 Å². The molecule has 2 fully saturated rings. The third-order valence-corrected chi connectivity index (χ3v) is 6.98. The highest BCUT2D eigenvalue weighted by Crippen LogP contribution is 2.33. The van der Waals surface area contributed by atoms with Crippen molar-refractivity contribution < 1.29 is 4.74 Å². The fourth-order valence-electron chi connectivity index (χ4n) is 5.30. The molecule has 1 aromatic carbocycles. The first-order valence-corrected chi connectivity index (χ1v) is 11.5. The molecule has 0 aromatic heterocycles. The van der Waals surface area contributed by atoms with Gasteiger partial charge in [0.25, 0.3) is 0 Å². The molecule has 0 spiro atoms. The van der Waals surface area contributed by atoms with E-state index in [-0.39, 0.29) is 0 Å². The van der Waals surface area contributed by atoms with Crippen LogP contribution in [0.25, 0.3) is 0 Å². The summed E-state index contributed by atoms with van der Waals surface area (Å²) in [5, 5.41) is 0. The van der Waals surface area contributed by atoms with E-state index in [0.29, 0.717) is 6.10 Å². The molecule has 146 valence electrons. The smallest absolute Gasteiger partial charge is 0.122 e. The van der Waals surface area contributed by atoms with Crippen LogP contribution in [0.1, 0.15) is 96.5 Å². The largest absolute Gasteiger partial charge is 0.490 e. The lowest BCUT2D eigenvalue weighted by Gasteiger charge is -2.32. The van der Waals surface area contributed by atoms with Crippen LogP contribution >= 0.6 is 0 Å². The second kappa shape index (κ2) is 10.4.